The highest BCUT2D eigenvalue weighted by Gasteiger charge is 2.27. The van der Waals surface area contributed by atoms with Crippen LogP contribution in [0.5, 0.6) is 0 Å². The van der Waals surface area contributed by atoms with Crippen LogP contribution >= 0.6 is 0 Å². The fourth-order valence-electron chi connectivity index (χ4n) is 3.91. The first-order valence-electron chi connectivity index (χ1n) is 10.5. The first kappa shape index (κ1) is 22.1. The van der Waals surface area contributed by atoms with E-state index in [1.54, 1.807) is 20.0 Å². The topological polar surface area (TPSA) is 69.8 Å². The Labute approximate surface area is 176 Å². The second kappa shape index (κ2) is 10.5. The summed E-state index contributed by atoms with van der Waals surface area (Å²) in [5, 5.41) is 7.18. The number of nitrogens with one attached hydrogen (secondary N) is 1. The Morgan fingerprint density at radius 3 is 2.63 bits per heavy atom. The largest absolute Gasteiger partial charge is 0.356 e. The SMILES string of the molecule is CCC(c1ccc(F)cc1F)N1CCN(C(=NC)NCCCc2nc(C)no2)CC1. The van der Waals surface area contributed by atoms with Gasteiger partial charge in [0.05, 0.1) is 0 Å². The Morgan fingerprint density at radius 2 is 2.03 bits per heavy atom. The lowest BCUT2D eigenvalue weighted by atomic mass is 10.0. The molecule has 1 aromatic heterocycles. The number of hydrogen-bond donors (Lipinski definition) is 1. The maximum atomic E-state index is 14.3. The number of piperazine rings is 1. The molecule has 1 aliphatic rings. The highest BCUT2D eigenvalue weighted by atomic mass is 19.1. The van der Waals surface area contributed by atoms with Crippen molar-refractivity contribution in [3.8, 4) is 0 Å². The van der Waals surface area contributed by atoms with Crippen molar-refractivity contribution in [2.45, 2.75) is 39.2 Å². The molecule has 0 saturated carbocycles. The van der Waals surface area contributed by atoms with Gasteiger partial charge in [0, 0.05) is 63.9 Å². The third kappa shape index (κ3) is 5.53. The van der Waals surface area contributed by atoms with Crippen molar-refractivity contribution < 1.29 is 13.3 Å². The molecule has 3 rings (SSSR count). The van der Waals surface area contributed by atoms with Gasteiger partial charge >= 0.3 is 0 Å². The number of aryl methyl sites for hydroxylation is 2. The molecule has 1 aromatic carbocycles. The van der Waals surface area contributed by atoms with E-state index in [2.05, 4.69) is 30.2 Å². The fourth-order valence-corrected chi connectivity index (χ4v) is 3.91. The highest BCUT2D eigenvalue weighted by Crippen LogP contribution is 2.28. The Hall–Kier alpha value is -2.55. The minimum atomic E-state index is -0.542. The van der Waals surface area contributed by atoms with E-state index < -0.39 is 11.6 Å². The molecule has 1 atom stereocenters. The molecule has 1 fully saturated rings. The predicted molar refractivity (Wildman–Crippen MR) is 111 cm³/mol. The molecule has 0 spiro atoms. The second-order valence-electron chi connectivity index (χ2n) is 7.43. The summed E-state index contributed by atoms with van der Waals surface area (Å²) in [6.45, 7) is 7.76. The molecular formula is C21H30F2N6O. The lowest BCUT2D eigenvalue weighted by molar-refractivity contribution is 0.124. The number of nitrogens with zero attached hydrogens (tertiary/aromatic N) is 5. The number of guanidine groups is 1. The molecule has 0 radical (unpaired) electrons. The average Bonchev–Trinajstić information content (AvgIpc) is 3.16. The van der Waals surface area contributed by atoms with Crippen molar-refractivity contribution in [1.82, 2.24) is 25.3 Å². The van der Waals surface area contributed by atoms with Crippen LogP contribution in [0.4, 0.5) is 8.78 Å². The van der Waals surface area contributed by atoms with Crippen LogP contribution < -0.4 is 5.32 Å². The monoisotopic (exact) mass is 420 g/mol. The third-order valence-electron chi connectivity index (χ3n) is 5.39. The fraction of sp³-hybridized carbons (Fsp3) is 0.571. The minimum Gasteiger partial charge on any atom is -0.356 e. The Bertz CT molecular complexity index is 848. The first-order valence-corrected chi connectivity index (χ1v) is 10.5. The maximum Gasteiger partial charge on any atom is 0.226 e. The molecular weight excluding hydrogens is 390 g/mol. The summed E-state index contributed by atoms with van der Waals surface area (Å²) in [4.78, 5) is 13.1. The average molecular weight is 421 g/mol. The predicted octanol–water partition coefficient (Wildman–Crippen LogP) is 2.93. The van der Waals surface area contributed by atoms with Crippen LogP contribution in [-0.4, -0.2) is 65.7 Å². The van der Waals surface area contributed by atoms with E-state index in [0.717, 1.165) is 64.0 Å². The molecule has 1 saturated heterocycles. The Morgan fingerprint density at radius 1 is 1.27 bits per heavy atom. The van der Waals surface area contributed by atoms with Crippen molar-refractivity contribution >= 4 is 5.96 Å². The zero-order valence-corrected chi connectivity index (χ0v) is 17.9. The van der Waals surface area contributed by atoms with Crippen LogP contribution in [0.1, 0.15) is 43.1 Å². The summed E-state index contributed by atoms with van der Waals surface area (Å²) < 4.78 is 32.7. The molecule has 1 unspecified atom stereocenters. The molecule has 30 heavy (non-hydrogen) atoms. The van der Waals surface area contributed by atoms with Crippen molar-refractivity contribution in [2.24, 2.45) is 4.99 Å². The maximum absolute atomic E-state index is 14.3. The van der Waals surface area contributed by atoms with Crippen LogP contribution in [0.2, 0.25) is 0 Å². The smallest absolute Gasteiger partial charge is 0.226 e. The first-order chi connectivity index (χ1) is 14.5. The van der Waals surface area contributed by atoms with Crippen molar-refractivity contribution in [2.75, 3.05) is 39.8 Å². The zero-order chi connectivity index (χ0) is 21.5. The van der Waals surface area contributed by atoms with Crippen LogP contribution in [0.3, 0.4) is 0 Å². The lowest BCUT2D eigenvalue weighted by Gasteiger charge is -2.40. The molecule has 164 valence electrons. The number of hydrogen-bond acceptors (Lipinski definition) is 5. The van der Waals surface area contributed by atoms with E-state index in [-0.39, 0.29) is 6.04 Å². The molecule has 0 amide bonds. The normalized spacial score (nSPS) is 16.7. The lowest BCUT2D eigenvalue weighted by Crippen LogP contribution is -2.53. The van der Waals surface area contributed by atoms with E-state index in [0.29, 0.717) is 17.3 Å². The molecule has 2 aromatic rings. The van der Waals surface area contributed by atoms with E-state index in [9.17, 15) is 8.78 Å². The van der Waals surface area contributed by atoms with Gasteiger partial charge in [-0.2, -0.15) is 4.98 Å². The van der Waals surface area contributed by atoms with Gasteiger partial charge in [-0.3, -0.25) is 9.89 Å². The van der Waals surface area contributed by atoms with Gasteiger partial charge < -0.3 is 14.7 Å². The summed E-state index contributed by atoms with van der Waals surface area (Å²) in [7, 11) is 1.78. The van der Waals surface area contributed by atoms with Gasteiger partial charge in [0.2, 0.25) is 5.89 Å². The minimum absolute atomic E-state index is 0.0550. The molecule has 7 nitrogen and oxygen atoms in total. The summed E-state index contributed by atoms with van der Waals surface area (Å²) in [6, 6.07) is 3.81. The van der Waals surface area contributed by atoms with Gasteiger partial charge in [-0.15, -0.1) is 0 Å². The zero-order valence-electron chi connectivity index (χ0n) is 17.9. The molecule has 1 N–H and O–H groups in total. The van der Waals surface area contributed by atoms with Crippen molar-refractivity contribution in [3.05, 3.63) is 47.1 Å². The molecule has 2 heterocycles. The number of benzene rings is 1. The quantitative estimate of drug-likeness (QED) is 0.422. The second-order valence-corrected chi connectivity index (χ2v) is 7.43. The van der Waals surface area contributed by atoms with Crippen LogP contribution in [0.25, 0.3) is 0 Å². The van der Waals surface area contributed by atoms with Gasteiger partial charge in [0.15, 0.2) is 11.8 Å². The number of aliphatic imine (C=N–C) groups is 1. The summed E-state index contributed by atoms with van der Waals surface area (Å²) in [6.07, 6.45) is 2.35. The molecule has 0 aliphatic carbocycles. The summed E-state index contributed by atoms with van der Waals surface area (Å²) in [5.41, 5.74) is 0.561. The third-order valence-corrected chi connectivity index (χ3v) is 5.39. The van der Waals surface area contributed by atoms with E-state index in [4.69, 9.17) is 4.52 Å². The molecule has 1 aliphatic heterocycles. The number of aromatic nitrogens is 2. The van der Waals surface area contributed by atoms with Gasteiger partial charge in [0.1, 0.15) is 11.6 Å². The van der Waals surface area contributed by atoms with E-state index in [1.165, 1.54) is 6.07 Å². The standard InChI is InChI=1S/C21H30F2N6O/c1-4-19(17-8-7-16(22)14-18(17)23)28-10-12-29(13-11-28)21(24-3)25-9-5-6-20-26-15(2)27-30-20/h7-8,14,19H,4-6,9-13H2,1-3H3,(H,24,25). The number of rotatable bonds is 7. The Kier molecular flexibility index (Phi) is 7.73. The summed E-state index contributed by atoms with van der Waals surface area (Å²) >= 11 is 0. The van der Waals surface area contributed by atoms with Crippen LogP contribution in [-0.2, 0) is 6.42 Å². The van der Waals surface area contributed by atoms with Gasteiger partial charge in [-0.05, 0) is 25.8 Å². The van der Waals surface area contributed by atoms with E-state index in [1.807, 2.05) is 6.92 Å². The van der Waals surface area contributed by atoms with Crippen molar-refractivity contribution in [1.29, 1.82) is 0 Å². The highest BCUT2D eigenvalue weighted by molar-refractivity contribution is 5.79. The van der Waals surface area contributed by atoms with Gasteiger partial charge in [0.25, 0.3) is 0 Å². The van der Waals surface area contributed by atoms with Crippen LogP contribution in [0.15, 0.2) is 27.7 Å². The van der Waals surface area contributed by atoms with Gasteiger partial charge in [-0.1, -0.05) is 18.1 Å². The Balaban J connectivity index is 1.49. The van der Waals surface area contributed by atoms with Crippen LogP contribution in [0, 0.1) is 18.6 Å². The van der Waals surface area contributed by atoms with Crippen molar-refractivity contribution in [3.63, 3.8) is 0 Å². The van der Waals surface area contributed by atoms with Gasteiger partial charge in [-0.25, -0.2) is 8.78 Å². The van der Waals surface area contributed by atoms with E-state index >= 15 is 0 Å². The number of halogens is 2. The molecule has 9 heteroatoms. The summed E-state index contributed by atoms with van der Waals surface area (Å²) in [5.74, 6) is 1.14. The molecule has 0 bridgehead atoms.